The second kappa shape index (κ2) is 4.78. The summed E-state index contributed by atoms with van der Waals surface area (Å²) in [5.41, 5.74) is 7.24. The Morgan fingerprint density at radius 2 is 2.33 bits per heavy atom. The van der Waals surface area contributed by atoms with Crippen LogP contribution in [0.1, 0.15) is 10.4 Å². The van der Waals surface area contributed by atoms with Crippen molar-refractivity contribution in [2.24, 2.45) is 0 Å². The molecule has 2 aromatic rings. The molecule has 1 aliphatic heterocycles. The van der Waals surface area contributed by atoms with Gasteiger partial charge in [0.1, 0.15) is 11.6 Å². The minimum atomic E-state index is 0.542. The summed E-state index contributed by atoms with van der Waals surface area (Å²) in [6.45, 7) is 1.92. The van der Waals surface area contributed by atoms with Gasteiger partial charge in [0.05, 0.1) is 0 Å². The third-order valence-electron chi connectivity index (χ3n) is 3.03. The lowest BCUT2D eigenvalue weighted by atomic mass is 10.1. The predicted molar refractivity (Wildman–Crippen MR) is 77.3 cm³/mol. The number of hydrogen-bond donors (Lipinski definition) is 1. The fraction of sp³-hybridized carbons (Fsp3) is 0.333. The third kappa shape index (κ3) is 2.18. The summed E-state index contributed by atoms with van der Waals surface area (Å²) < 4.78 is 0. The fourth-order valence-corrected chi connectivity index (χ4v) is 3.40. The molecule has 0 atom stereocenters. The number of thiophene rings is 1. The van der Waals surface area contributed by atoms with E-state index in [1.807, 2.05) is 23.7 Å². The van der Waals surface area contributed by atoms with Crippen molar-refractivity contribution in [1.29, 1.82) is 0 Å². The molecule has 0 aliphatic carbocycles. The van der Waals surface area contributed by atoms with E-state index in [4.69, 9.17) is 5.73 Å². The van der Waals surface area contributed by atoms with Crippen molar-refractivity contribution in [1.82, 2.24) is 9.97 Å². The van der Waals surface area contributed by atoms with Crippen molar-refractivity contribution >= 4 is 34.7 Å². The molecule has 0 saturated carbocycles. The highest BCUT2D eigenvalue weighted by Gasteiger charge is 2.19. The molecule has 0 radical (unpaired) electrons. The van der Waals surface area contributed by atoms with Crippen LogP contribution in [0.15, 0.2) is 22.7 Å². The average Bonchev–Trinajstić information content (AvgIpc) is 2.85. The van der Waals surface area contributed by atoms with Crippen LogP contribution in [0.3, 0.4) is 0 Å². The molecule has 94 valence electrons. The summed E-state index contributed by atoms with van der Waals surface area (Å²) in [5, 5.41) is 2.90. The molecule has 6 heteroatoms. The minimum absolute atomic E-state index is 0.542. The summed E-state index contributed by atoms with van der Waals surface area (Å²) in [7, 11) is 0. The molecule has 2 N–H and O–H groups in total. The lowest BCUT2D eigenvalue weighted by Crippen LogP contribution is -2.30. The number of nitrogens with zero attached hydrogens (tertiary/aromatic N) is 3. The number of nitrogen functional groups attached to an aromatic ring is 1. The Morgan fingerprint density at radius 3 is 3.17 bits per heavy atom. The molecule has 3 rings (SSSR count). The third-order valence-corrected chi connectivity index (χ3v) is 4.60. The van der Waals surface area contributed by atoms with Gasteiger partial charge < -0.3 is 10.6 Å². The number of rotatable bonds is 2. The Hall–Kier alpha value is -1.27. The molecule has 0 aromatic carbocycles. The Balaban J connectivity index is 1.90. The number of fused-ring (bicyclic) bond motifs is 1. The van der Waals surface area contributed by atoms with E-state index in [0.717, 1.165) is 30.5 Å². The molecule has 0 spiro atoms. The first-order valence-electron chi connectivity index (χ1n) is 5.75. The Morgan fingerprint density at radius 1 is 1.44 bits per heavy atom. The zero-order valence-corrected chi connectivity index (χ0v) is 11.7. The molecule has 0 amide bonds. The highest BCUT2D eigenvalue weighted by atomic mass is 32.2. The highest BCUT2D eigenvalue weighted by Crippen LogP contribution is 2.28. The molecule has 18 heavy (non-hydrogen) atoms. The fourth-order valence-electron chi connectivity index (χ4n) is 2.13. The van der Waals surface area contributed by atoms with Crippen molar-refractivity contribution in [2.75, 3.05) is 23.4 Å². The Kier molecular flexibility index (Phi) is 3.13. The van der Waals surface area contributed by atoms with E-state index in [1.54, 1.807) is 0 Å². The number of thioether (sulfide) groups is 1. The van der Waals surface area contributed by atoms with Gasteiger partial charge in [0.15, 0.2) is 5.16 Å². The molecule has 3 heterocycles. The molecule has 0 saturated heterocycles. The van der Waals surface area contributed by atoms with Crippen LogP contribution in [0.4, 0.5) is 11.6 Å². The van der Waals surface area contributed by atoms with Gasteiger partial charge in [-0.2, -0.15) is 0 Å². The van der Waals surface area contributed by atoms with Gasteiger partial charge in [0.2, 0.25) is 0 Å². The van der Waals surface area contributed by atoms with E-state index in [1.165, 1.54) is 22.2 Å². The van der Waals surface area contributed by atoms with Gasteiger partial charge in [-0.3, -0.25) is 0 Å². The quantitative estimate of drug-likeness (QED) is 0.675. The van der Waals surface area contributed by atoms with E-state index in [0.29, 0.717) is 5.82 Å². The van der Waals surface area contributed by atoms with Crippen molar-refractivity contribution < 1.29 is 0 Å². The first-order chi connectivity index (χ1) is 8.76. The van der Waals surface area contributed by atoms with E-state index in [9.17, 15) is 0 Å². The van der Waals surface area contributed by atoms with Crippen LogP contribution in [-0.2, 0) is 13.0 Å². The highest BCUT2D eigenvalue weighted by molar-refractivity contribution is 7.98. The van der Waals surface area contributed by atoms with Crippen LogP contribution in [0.5, 0.6) is 0 Å². The normalized spacial score (nSPS) is 14.6. The Bertz CT molecular complexity index is 567. The average molecular weight is 278 g/mol. The second-order valence-corrected chi connectivity index (χ2v) is 5.95. The van der Waals surface area contributed by atoms with Crippen LogP contribution < -0.4 is 10.6 Å². The van der Waals surface area contributed by atoms with Gasteiger partial charge in [-0.05, 0) is 29.7 Å². The number of hydrogen-bond acceptors (Lipinski definition) is 6. The summed E-state index contributed by atoms with van der Waals surface area (Å²) in [4.78, 5) is 12.5. The molecule has 1 aliphatic rings. The summed E-state index contributed by atoms with van der Waals surface area (Å²) in [6, 6.07) is 4.06. The molecule has 0 fully saturated rings. The summed E-state index contributed by atoms with van der Waals surface area (Å²) in [5.74, 6) is 1.48. The predicted octanol–water partition coefficient (Wildman–Crippen LogP) is 2.40. The van der Waals surface area contributed by atoms with E-state index < -0.39 is 0 Å². The molecule has 0 unspecified atom stereocenters. The molecular formula is C12H14N4S2. The minimum Gasteiger partial charge on any atom is -0.383 e. The van der Waals surface area contributed by atoms with Gasteiger partial charge in [-0.25, -0.2) is 9.97 Å². The van der Waals surface area contributed by atoms with Crippen molar-refractivity contribution in [3.63, 3.8) is 0 Å². The zero-order chi connectivity index (χ0) is 12.5. The molecule has 0 bridgehead atoms. The molecular weight excluding hydrogens is 264 g/mol. The summed E-state index contributed by atoms with van der Waals surface area (Å²) in [6.07, 6.45) is 3.05. The maximum Gasteiger partial charge on any atom is 0.191 e. The Labute approximate surface area is 114 Å². The lowest BCUT2D eigenvalue weighted by Gasteiger charge is -2.28. The first-order valence-corrected chi connectivity index (χ1v) is 7.85. The van der Waals surface area contributed by atoms with Gasteiger partial charge in [0, 0.05) is 24.0 Å². The maximum absolute atomic E-state index is 5.83. The van der Waals surface area contributed by atoms with Gasteiger partial charge >= 0.3 is 0 Å². The van der Waals surface area contributed by atoms with Crippen LogP contribution in [-0.4, -0.2) is 22.8 Å². The lowest BCUT2D eigenvalue weighted by molar-refractivity contribution is 0.723. The second-order valence-electron chi connectivity index (χ2n) is 4.18. The first kappa shape index (κ1) is 11.8. The van der Waals surface area contributed by atoms with E-state index in [2.05, 4.69) is 26.3 Å². The van der Waals surface area contributed by atoms with E-state index >= 15 is 0 Å². The number of aromatic nitrogens is 2. The smallest absolute Gasteiger partial charge is 0.191 e. The van der Waals surface area contributed by atoms with Gasteiger partial charge in [0.25, 0.3) is 0 Å². The van der Waals surface area contributed by atoms with Crippen LogP contribution in [0.2, 0.25) is 0 Å². The van der Waals surface area contributed by atoms with Crippen molar-refractivity contribution in [2.45, 2.75) is 18.1 Å². The van der Waals surface area contributed by atoms with Crippen LogP contribution in [0.25, 0.3) is 0 Å². The van der Waals surface area contributed by atoms with Crippen molar-refractivity contribution in [3.8, 4) is 0 Å². The molecule has 4 nitrogen and oxygen atoms in total. The van der Waals surface area contributed by atoms with Gasteiger partial charge in [-0.15, -0.1) is 11.3 Å². The maximum atomic E-state index is 5.83. The van der Waals surface area contributed by atoms with Crippen LogP contribution in [0, 0.1) is 0 Å². The summed E-state index contributed by atoms with van der Waals surface area (Å²) >= 11 is 3.37. The zero-order valence-electron chi connectivity index (χ0n) is 10.1. The topological polar surface area (TPSA) is 55.0 Å². The molecule has 2 aromatic heterocycles. The largest absolute Gasteiger partial charge is 0.383 e. The monoisotopic (exact) mass is 278 g/mol. The van der Waals surface area contributed by atoms with Crippen LogP contribution >= 0.6 is 23.1 Å². The number of nitrogens with two attached hydrogens (primary N) is 1. The standard InChI is InChI=1S/C12H14N4S2/c1-17-12-14-10(13)6-11(15-12)16-4-2-9-8(7-16)3-5-18-9/h3,5-6H,2,4,7H2,1H3,(H2,13,14,15). The van der Waals surface area contributed by atoms with Crippen molar-refractivity contribution in [3.05, 3.63) is 28.0 Å². The number of anilines is 2. The SMILES string of the molecule is CSc1nc(N)cc(N2CCc3sccc3C2)n1. The van der Waals surface area contributed by atoms with Gasteiger partial charge in [-0.1, -0.05) is 11.8 Å². The van der Waals surface area contributed by atoms with E-state index in [-0.39, 0.29) is 0 Å².